The van der Waals surface area contributed by atoms with Gasteiger partial charge in [0.2, 0.25) is 10.0 Å². The monoisotopic (exact) mass is 430 g/mol. The van der Waals surface area contributed by atoms with Crippen LogP contribution in [0.4, 0.5) is 6.01 Å². The number of rotatable bonds is 6. The largest absolute Gasteiger partial charge is 0.401 e. The fourth-order valence-corrected chi connectivity index (χ4v) is 4.81. The molecule has 0 spiro atoms. The van der Waals surface area contributed by atoms with Crippen LogP contribution in [0.1, 0.15) is 43.1 Å². The van der Waals surface area contributed by atoms with E-state index in [2.05, 4.69) is 20.6 Å². The summed E-state index contributed by atoms with van der Waals surface area (Å²) in [5.74, 6) is -0.240. The van der Waals surface area contributed by atoms with Crippen molar-refractivity contribution in [3.05, 3.63) is 42.1 Å². The van der Waals surface area contributed by atoms with E-state index in [-0.39, 0.29) is 28.4 Å². The average Bonchev–Trinajstić information content (AvgIpc) is 3.48. The highest BCUT2D eigenvalue weighted by molar-refractivity contribution is 7.89. The lowest BCUT2D eigenvalue weighted by atomic mass is 10.2. The van der Waals surface area contributed by atoms with Crippen LogP contribution in [0.5, 0.6) is 0 Å². The molecule has 0 unspecified atom stereocenters. The van der Waals surface area contributed by atoms with Crippen LogP contribution in [0, 0.1) is 0 Å². The minimum absolute atomic E-state index is 0.0553. The lowest BCUT2D eigenvalue weighted by Crippen LogP contribution is -2.27. The molecule has 1 fully saturated rings. The van der Waals surface area contributed by atoms with Crippen molar-refractivity contribution < 1.29 is 17.6 Å². The molecule has 0 atom stereocenters. The second-order valence-corrected chi connectivity index (χ2v) is 9.19. The Labute approximate surface area is 174 Å². The zero-order chi connectivity index (χ0) is 21.3. The minimum Gasteiger partial charge on any atom is -0.401 e. The van der Waals surface area contributed by atoms with E-state index in [1.54, 1.807) is 16.9 Å². The third-order valence-electron chi connectivity index (χ3n) is 4.84. The molecule has 10 nitrogen and oxygen atoms in total. The zero-order valence-electron chi connectivity index (χ0n) is 16.6. The van der Waals surface area contributed by atoms with Crippen LogP contribution >= 0.6 is 0 Å². The molecule has 30 heavy (non-hydrogen) atoms. The Morgan fingerprint density at radius 1 is 1.10 bits per heavy atom. The number of nitrogens with zero attached hydrogens (tertiary/aromatic N) is 5. The molecule has 0 aliphatic carbocycles. The molecular formula is C19H22N6O4S. The highest BCUT2D eigenvalue weighted by atomic mass is 32.2. The number of hydrogen-bond donors (Lipinski definition) is 1. The van der Waals surface area contributed by atoms with Gasteiger partial charge in [0, 0.05) is 30.9 Å². The normalized spacial score (nSPS) is 15.0. The molecule has 1 aliphatic heterocycles. The van der Waals surface area contributed by atoms with Crippen molar-refractivity contribution in [2.45, 2.75) is 37.6 Å². The van der Waals surface area contributed by atoms with Gasteiger partial charge >= 0.3 is 6.01 Å². The first kappa shape index (κ1) is 20.2. The molecular weight excluding hydrogens is 408 g/mol. The summed E-state index contributed by atoms with van der Waals surface area (Å²) in [6, 6.07) is 7.59. The Hall–Kier alpha value is -3.05. The van der Waals surface area contributed by atoms with Gasteiger partial charge in [-0.1, -0.05) is 5.10 Å². The highest BCUT2D eigenvalue weighted by Gasteiger charge is 2.27. The maximum Gasteiger partial charge on any atom is 0.322 e. The molecule has 4 rings (SSSR count). The molecule has 1 N–H and O–H groups in total. The van der Waals surface area contributed by atoms with Crippen LogP contribution in [0.3, 0.4) is 0 Å². The fraction of sp³-hybridized carbons (Fsp3) is 0.368. The van der Waals surface area contributed by atoms with E-state index < -0.39 is 15.9 Å². The third kappa shape index (κ3) is 3.85. The summed E-state index contributed by atoms with van der Waals surface area (Å²) in [4.78, 5) is 12.7. The van der Waals surface area contributed by atoms with E-state index in [9.17, 15) is 13.2 Å². The van der Waals surface area contributed by atoms with Crippen LogP contribution < -0.4 is 5.32 Å². The first-order chi connectivity index (χ1) is 14.4. The van der Waals surface area contributed by atoms with E-state index in [1.165, 1.54) is 28.6 Å². The van der Waals surface area contributed by atoms with Crippen LogP contribution in [0.15, 0.2) is 45.8 Å². The number of carbonyl (C=O) groups is 1. The van der Waals surface area contributed by atoms with Gasteiger partial charge in [-0.15, -0.1) is 5.10 Å². The smallest absolute Gasteiger partial charge is 0.322 e. The van der Waals surface area contributed by atoms with Gasteiger partial charge in [-0.05, 0) is 57.0 Å². The lowest BCUT2D eigenvalue weighted by Gasteiger charge is -2.15. The van der Waals surface area contributed by atoms with E-state index in [0.717, 1.165) is 12.8 Å². The number of benzene rings is 1. The van der Waals surface area contributed by atoms with Gasteiger partial charge in [-0.25, -0.2) is 8.42 Å². The summed E-state index contributed by atoms with van der Waals surface area (Å²) in [6.45, 7) is 5.01. The van der Waals surface area contributed by atoms with Crippen LogP contribution in [-0.4, -0.2) is 51.7 Å². The van der Waals surface area contributed by atoms with Gasteiger partial charge < -0.3 is 4.42 Å². The van der Waals surface area contributed by atoms with Crippen molar-refractivity contribution >= 4 is 21.9 Å². The topological polar surface area (TPSA) is 123 Å². The summed E-state index contributed by atoms with van der Waals surface area (Å²) in [5.41, 5.74) is 0.928. The Balaban J connectivity index is 1.47. The highest BCUT2D eigenvalue weighted by Crippen LogP contribution is 2.23. The summed E-state index contributed by atoms with van der Waals surface area (Å²) < 4.78 is 33.9. The van der Waals surface area contributed by atoms with E-state index in [0.29, 0.717) is 18.8 Å². The summed E-state index contributed by atoms with van der Waals surface area (Å²) in [5, 5.41) is 14.6. The van der Waals surface area contributed by atoms with Crippen molar-refractivity contribution in [1.29, 1.82) is 0 Å². The second-order valence-electron chi connectivity index (χ2n) is 7.26. The number of amides is 1. The lowest BCUT2D eigenvalue weighted by molar-refractivity contribution is 0.102. The van der Waals surface area contributed by atoms with Crippen LogP contribution in [-0.2, 0) is 10.0 Å². The maximum absolute atomic E-state index is 12.6. The zero-order valence-corrected chi connectivity index (χ0v) is 17.5. The van der Waals surface area contributed by atoms with Gasteiger partial charge in [0.15, 0.2) is 0 Å². The molecule has 0 saturated carbocycles. The van der Waals surface area contributed by atoms with Crippen molar-refractivity contribution in [2.24, 2.45) is 0 Å². The molecule has 1 aromatic carbocycles. The first-order valence-corrected chi connectivity index (χ1v) is 11.1. The maximum atomic E-state index is 12.6. The predicted octanol–water partition coefficient (Wildman–Crippen LogP) is 2.55. The standard InChI is InChI=1S/C19H22N6O4S/c1-13(2)25-16(9-10-20-25)18-22-23-19(29-18)21-17(26)14-5-7-15(8-6-14)30(27,28)24-11-3-4-12-24/h5-10,13H,3-4,11-12H2,1-2H3,(H,21,23,26). The number of anilines is 1. The van der Waals surface area contributed by atoms with Crippen LogP contribution in [0.25, 0.3) is 11.6 Å². The summed E-state index contributed by atoms with van der Waals surface area (Å²) >= 11 is 0. The number of hydrogen-bond acceptors (Lipinski definition) is 7. The van der Waals surface area contributed by atoms with Gasteiger partial charge in [-0.2, -0.15) is 9.40 Å². The third-order valence-corrected chi connectivity index (χ3v) is 6.76. The first-order valence-electron chi connectivity index (χ1n) is 9.65. The molecule has 0 bridgehead atoms. The molecule has 3 heterocycles. The Bertz CT molecular complexity index is 1140. The number of nitrogens with one attached hydrogen (secondary N) is 1. The van der Waals surface area contributed by atoms with Gasteiger partial charge in [0.25, 0.3) is 11.8 Å². The Kier molecular flexibility index (Phi) is 5.39. The predicted molar refractivity (Wildman–Crippen MR) is 108 cm³/mol. The van der Waals surface area contributed by atoms with E-state index in [4.69, 9.17) is 4.42 Å². The van der Waals surface area contributed by atoms with Gasteiger partial charge in [0.05, 0.1) is 4.90 Å². The molecule has 158 valence electrons. The van der Waals surface area contributed by atoms with Crippen molar-refractivity contribution in [3.8, 4) is 11.6 Å². The summed E-state index contributed by atoms with van der Waals surface area (Å²) in [6.07, 6.45) is 3.36. The molecule has 1 saturated heterocycles. The van der Waals surface area contributed by atoms with E-state index in [1.807, 2.05) is 13.8 Å². The Morgan fingerprint density at radius 2 is 1.80 bits per heavy atom. The average molecular weight is 430 g/mol. The SMILES string of the molecule is CC(C)n1nccc1-c1nnc(NC(=O)c2ccc(S(=O)(=O)N3CCCC3)cc2)o1. The molecule has 0 radical (unpaired) electrons. The molecule has 11 heteroatoms. The van der Waals surface area contributed by atoms with Crippen molar-refractivity contribution in [2.75, 3.05) is 18.4 Å². The Morgan fingerprint density at radius 3 is 2.47 bits per heavy atom. The van der Waals surface area contributed by atoms with E-state index >= 15 is 0 Å². The molecule has 2 aromatic heterocycles. The van der Waals surface area contributed by atoms with Crippen molar-refractivity contribution in [3.63, 3.8) is 0 Å². The molecule has 3 aromatic rings. The fourth-order valence-electron chi connectivity index (χ4n) is 3.30. The number of carbonyl (C=O) groups excluding carboxylic acids is 1. The van der Waals surface area contributed by atoms with Gasteiger partial charge in [0.1, 0.15) is 5.69 Å². The van der Waals surface area contributed by atoms with Gasteiger partial charge in [-0.3, -0.25) is 14.8 Å². The number of sulfonamides is 1. The summed E-state index contributed by atoms with van der Waals surface area (Å²) in [7, 11) is -3.52. The number of aromatic nitrogens is 4. The molecule has 1 amide bonds. The second kappa shape index (κ2) is 8.00. The van der Waals surface area contributed by atoms with Crippen molar-refractivity contribution in [1.82, 2.24) is 24.3 Å². The molecule has 1 aliphatic rings. The minimum atomic E-state index is -3.52. The van der Waals surface area contributed by atoms with Crippen LogP contribution in [0.2, 0.25) is 0 Å². The quantitative estimate of drug-likeness (QED) is 0.637.